The van der Waals surface area contributed by atoms with Gasteiger partial charge in [-0.25, -0.2) is 0 Å². The van der Waals surface area contributed by atoms with Gasteiger partial charge in [-0.2, -0.15) is 0 Å². The first-order valence-corrected chi connectivity index (χ1v) is 12.9. The molecule has 0 aliphatic rings. The van der Waals surface area contributed by atoms with Crippen LogP contribution in [0.2, 0.25) is 0 Å². The fourth-order valence-corrected chi connectivity index (χ4v) is 4.14. The van der Waals surface area contributed by atoms with Crippen LogP contribution in [0.3, 0.4) is 0 Å². The number of Topliss-reactive ketones (excluding diaryl/α,β-unsaturated/α-hetero) is 1. The van der Waals surface area contributed by atoms with Crippen molar-refractivity contribution in [2.75, 3.05) is 0 Å². The topological polar surface area (TPSA) is 60.2 Å². The molecule has 0 unspecified atom stereocenters. The van der Waals surface area contributed by atoms with Crippen molar-refractivity contribution < 1.29 is 9.72 Å². The third-order valence-electron chi connectivity index (χ3n) is 6.08. The van der Waals surface area contributed by atoms with Crippen LogP contribution in [-0.4, -0.2) is 10.7 Å². The third kappa shape index (κ3) is 15.7. The van der Waals surface area contributed by atoms with Crippen molar-refractivity contribution in [3.63, 3.8) is 0 Å². The molecular weight excluding hydrogens is 386 g/mol. The summed E-state index contributed by atoms with van der Waals surface area (Å²) in [5.74, 6) is 0.182. The summed E-state index contributed by atoms with van der Waals surface area (Å²) in [6, 6.07) is 6.41. The number of rotatable bonds is 21. The Morgan fingerprint density at radius 3 is 1.65 bits per heavy atom. The smallest absolute Gasteiger partial charge is 0.269 e. The highest BCUT2D eigenvalue weighted by molar-refractivity contribution is 5.80. The lowest BCUT2D eigenvalue weighted by molar-refractivity contribution is -0.384. The van der Waals surface area contributed by atoms with Gasteiger partial charge < -0.3 is 0 Å². The lowest BCUT2D eigenvalue weighted by Gasteiger charge is -2.04. The minimum atomic E-state index is -0.412. The van der Waals surface area contributed by atoms with E-state index in [1.807, 2.05) is 0 Å². The van der Waals surface area contributed by atoms with E-state index in [1.165, 1.54) is 108 Å². The summed E-state index contributed by atoms with van der Waals surface area (Å²) in [5, 5.41) is 10.8. The van der Waals surface area contributed by atoms with Crippen LogP contribution in [0, 0.1) is 10.1 Å². The number of nitro groups is 1. The summed E-state index contributed by atoms with van der Waals surface area (Å²) >= 11 is 0. The first-order chi connectivity index (χ1) is 15.1. The SMILES string of the molecule is CCCCCCCCCCCCCCCCCCCC(=O)Cc1cccc([N+](=O)[O-])c1. The molecule has 0 saturated carbocycles. The van der Waals surface area contributed by atoms with Gasteiger partial charge in [-0.3, -0.25) is 14.9 Å². The highest BCUT2D eigenvalue weighted by Gasteiger charge is 2.09. The zero-order chi connectivity index (χ0) is 22.6. The van der Waals surface area contributed by atoms with Crippen LogP contribution in [0.5, 0.6) is 0 Å². The minimum Gasteiger partial charge on any atom is -0.299 e. The van der Waals surface area contributed by atoms with E-state index in [0.29, 0.717) is 12.8 Å². The maximum Gasteiger partial charge on any atom is 0.269 e. The number of unbranched alkanes of at least 4 members (excludes halogenated alkanes) is 16. The van der Waals surface area contributed by atoms with Gasteiger partial charge in [0.1, 0.15) is 5.78 Å². The van der Waals surface area contributed by atoms with E-state index in [9.17, 15) is 14.9 Å². The average molecular weight is 432 g/mol. The van der Waals surface area contributed by atoms with E-state index in [1.54, 1.807) is 12.1 Å². The van der Waals surface area contributed by atoms with Crippen LogP contribution in [0.15, 0.2) is 24.3 Å². The standard InChI is InChI=1S/C27H45NO3/c1-2-3-4-5-6-7-8-9-10-11-12-13-14-15-16-17-18-22-27(29)24-25-20-19-21-26(23-25)28(30)31/h19-21,23H,2-18,22,24H2,1H3. The number of ketones is 1. The number of benzene rings is 1. The molecule has 0 fully saturated rings. The third-order valence-corrected chi connectivity index (χ3v) is 6.08. The van der Waals surface area contributed by atoms with Crippen LogP contribution in [-0.2, 0) is 11.2 Å². The molecule has 0 N–H and O–H groups in total. The minimum absolute atomic E-state index is 0.0584. The Kier molecular flexibility index (Phi) is 16.8. The summed E-state index contributed by atoms with van der Waals surface area (Å²) in [5.41, 5.74) is 0.800. The Hall–Kier alpha value is -1.71. The first kappa shape index (κ1) is 27.3. The van der Waals surface area contributed by atoms with Crippen molar-refractivity contribution in [3.05, 3.63) is 39.9 Å². The van der Waals surface area contributed by atoms with Crippen molar-refractivity contribution in [1.82, 2.24) is 0 Å². The highest BCUT2D eigenvalue weighted by Crippen LogP contribution is 2.16. The summed E-state index contributed by atoms with van der Waals surface area (Å²) in [4.78, 5) is 22.5. The molecule has 1 rings (SSSR count). The molecule has 0 aliphatic heterocycles. The number of carbonyl (C=O) groups is 1. The summed E-state index contributed by atoms with van der Waals surface area (Å²) in [6.45, 7) is 2.27. The molecule has 176 valence electrons. The van der Waals surface area contributed by atoms with Gasteiger partial charge >= 0.3 is 0 Å². The Morgan fingerprint density at radius 1 is 0.742 bits per heavy atom. The Bertz CT molecular complexity index is 600. The van der Waals surface area contributed by atoms with Crippen molar-refractivity contribution in [2.45, 2.75) is 129 Å². The average Bonchev–Trinajstić information content (AvgIpc) is 2.76. The van der Waals surface area contributed by atoms with Gasteiger partial charge in [-0.1, -0.05) is 122 Å². The molecule has 31 heavy (non-hydrogen) atoms. The van der Waals surface area contributed by atoms with Gasteiger partial charge in [0.15, 0.2) is 0 Å². The molecule has 0 aliphatic carbocycles. The highest BCUT2D eigenvalue weighted by atomic mass is 16.6. The fraction of sp³-hybridized carbons (Fsp3) is 0.741. The maximum atomic E-state index is 12.1. The van der Waals surface area contributed by atoms with Crippen molar-refractivity contribution >= 4 is 11.5 Å². The van der Waals surface area contributed by atoms with Gasteiger partial charge in [0.2, 0.25) is 0 Å². The van der Waals surface area contributed by atoms with E-state index in [2.05, 4.69) is 6.92 Å². The fourth-order valence-electron chi connectivity index (χ4n) is 4.14. The largest absolute Gasteiger partial charge is 0.299 e. The van der Waals surface area contributed by atoms with Crippen molar-refractivity contribution in [1.29, 1.82) is 0 Å². The van der Waals surface area contributed by atoms with Crippen LogP contribution in [0.25, 0.3) is 0 Å². The molecule has 1 aromatic rings. The van der Waals surface area contributed by atoms with Crippen LogP contribution < -0.4 is 0 Å². The summed E-state index contributed by atoms with van der Waals surface area (Å²) < 4.78 is 0. The predicted octanol–water partition coefficient (Wildman–Crippen LogP) is 8.75. The lowest BCUT2D eigenvalue weighted by atomic mass is 10.0. The Morgan fingerprint density at radius 2 is 1.19 bits per heavy atom. The zero-order valence-electron chi connectivity index (χ0n) is 19.9. The molecule has 0 radical (unpaired) electrons. The first-order valence-electron chi connectivity index (χ1n) is 12.9. The molecule has 4 nitrogen and oxygen atoms in total. The second kappa shape index (κ2) is 19.0. The molecule has 4 heteroatoms. The molecule has 0 atom stereocenters. The van der Waals surface area contributed by atoms with Crippen molar-refractivity contribution in [3.8, 4) is 0 Å². The molecule has 0 bridgehead atoms. The number of nitro benzene ring substituents is 1. The van der Waals surface area contributed by atoms with E-state index in [4.69, 9.17) is 0 Å². The lowest BCUT2D eigenvalue weighted by Crippen LogP contribution is -2.03. The number of carbonyl (C=O) groups excluding carboxylic acids is 1. The predicted molar refractivity (Wildman–Crippen MR) is 131 cm³/mol. The number of non-ortho nitro benzene ring substituents is 1. The van der Waals surface area contributed by atoms with E-state index < -0.39 is 4.92 Å². The van der Waals surface area contributed by atoms with Crippen molar-refractivity contribution in [2.24, 2.45) is 0 Å². The quantitative estimate of drug-likeness (QED) is 0.111. The van der Waals surface area contributed by atoms with Gasteiger partial charge in [-0.15, -0.1) is 0 Å². The second-order valence-electron chi connectivity index (χ2n) is 9.05. The van der Waals surface area contributed by atoms with Crippen LogP contribution >= 0.6 is 0 Å². The number of hydrogen-bond donors (Lipinski definition) is 0. The number of nitrogens with zero attached hydrogens (tertiary/aromatic N) is 1. The molecule has 0 saturated heterocycles. The summed E-state index contributed by atoms with van der Waals surface area (Å²) in [6.07, 6.45) is 23.6. The monoisotopic (exact) mass is 431 g/mol. The summed E-state index contributed by atoms with van der Waals surface area (Å²) in [7, 11) is 0. The van der Waals surface area contributed by atoms with E-state index >= 15 is 0 Å². The number of hydrogen-bond acceptors (Lipinski definition) is 3. The normalized spacial score (nSPS) is 11.0. The van der Waals surface area contributed by atoms with E-state index in [0.717, 1.165) is 18.4 Å². The van der Waals surface area contributed by atoms with Gasteiger partial charge in [0, 0.05) is 25.0 Å². The van der Waals surface area contributed by atoms with Gasteiger partial charge in [-0.05, 0) is 12.0 Å². The second-order valence-corrected chi connectivity index (χ2v) is 9.05. The maximum absolute atomic E-state index is 12.1. The van der Waals surface area contributed by atoms with Gasteiger partial charge in [0.05, 0.1) is 4.92 Å². The Balaban J connectivity index is 1.86. The molecule has 0 heterocycles. The molecular formula is C27H45NO3. The van der Waals surface area contributed by atoms with Gasteiger partial charge in [0.25, 0.3) is 5.69 Å². The zero-order valence-corrected chi connectivity index (χ0v) is 19.9. The van der Waals surface area contributed by atoms with E-state index in [-0.39, 0.29) is 11.5 Å². The molecule has 1 aromatic carbocycles. The Labute approximate surface area is 190 Å². The van der Waals surface area contributed by atoms with Crippen LogP contribution in [0.4, 0.5) is 5.69 Å². The van der Waals surface area contributed by atoms with Crippen LogP contribution in [0.1, 0.15) is 128 Å². The molecule has 0 spiro atoms. The molecule has 0 aromatic heterocycles. The molecule has 0 amide bonds.